The summed E-state index contributed by atoms with van der Waals surface area (Å²) in [6.07, 6.45) is 4.68. The second-order valence-electron chi connectivity index (χ2n) is 4.33. The zero-order valence-corrected chi connectivity index (χ0v) is 11.3. The van der Waals surface area contributed by atoms with Crippen molar-refractivity contribution >= 4 is 5.69 Å². The molecule has 1 aromatic carbocycles. The number of rotatable bonds is 3. The average molecular weight is 283 g/mol. The second-order valence-corrected chi connectivity index (χ2v) is 4.33. The van der Waals surface area contributed by atoms with Crippen LogP contribution < -0.4 is 16.0 Å². The van der Waals surface area contributed by atoms with E-state index in [4.69, 9.17) is 10.5 Å². The zero-order valence-electron chi connectivity index (χ0n) is 11.3. The smallest absolute Gasteiger partial charge is 0.295 e. The lowest BCUT2D eigenvalue weighted by Gasteiger charge is -2.10. The van der Waals surface area contributed by atoms with Crippen LogP contribution >= 0.6 is 0 Å². The molecule has 0 amide bonds. The van der Waals surface area contributed by atoms with Gasteiger partial charge in [0.1, 0.15) is 5.82 Å². The van der Waals surface area contributed by atoms with Crippen molar-refractivity contribution in [3.8, 4) is 23.0 Å². The van der Waals surface area contributed by atoms with Crippen LogP contribution in [0.2, 0.25) is 0 Å². The summed E-state index contributed by atoms with van der Waals surface area (Å²) in [6, 6.07) is 7.29. The highest BCUT2D eigenvalue weighted by Crippen LogP contribution is 2.24. The van der Waals surface area contributed by atoms with E-state index < -0.39 is 0 Å². The summed E-state index contributed by atoms with van der Waals surface area (Å²) < 4.78 is 6.83. The number of benzene rings is 1. The quantitative estimate of drug-likeness (QED) is 0.704. The number of nitrogens with zero attached hydrogens (tertiary/aromatic N) is 3. The molecule has 0 aliphatic heterocycles. The molecule has 0 bridgehead atoms. The fourth-order valence-corrected chi connectivity index (χ4v) is 2.05. The third-order valence-corrected chi connectivity index (χ3v) is 3.03. The number of anilines is 1. The van der Waals surface area contributed by atoms with E-state index in [0.717, 1.165) is 5.56 Å². The van der Waals surface area contributed by atoms with Gasteiger partial charge in [0.05, 0.1) is 13.4 Å². The van der Waals surface area contributed by atoms with Crippen molar-refractivity contribution in [1.82, 2.24) is 19.5 Å². The van der Waals surface area contributed by atoms with E-state index in [9.17, 15) is 4.79 Å². The molecule has 2 heterocycles. The number of aromatic nitrogens is 4. The molecule has 0 unspecified atom stereocenters. The van der Waals surface area contributed by atoms with Crippen molar-refractivity contribution in [2.75, 3.05) is 12.8 Å². The Morgan fingerprint density at radius 1 is 1.24 bits per heavy atom. The molecule has 7 nitrogen and oxygen atoms in total. The van der Waals surface area contributed by atoms with Gasteiger partial charge in [-0.1, -0.05) is 0 Å². The van der Waals surface area contributed by atoms with E-state index in [2.05, 4.69) is 15.0 Å². The first-order valence-corrected chi connectivity index (χ1v) is 6.22. The van der Waals surface area contributed by atoms with Crippen molar-refractivity contribution < 1.29 is 4.74 Å². The summed E-state index contributed by atoms with van der Waals surface area (Å²) in [7, 11) is 1.43. The molecular formula is C14H13N5O2. The lowest BCUT2D eigenvalue weighted by molar-refractivity contribution is 0.403. The number of imidazole rings is 1. The molecule has 0 saturated carbocycles. The summed E-state index contributed by atoms with van der Waals surface area (Å²) >= 11 is 0. The minimum Gasteiger partial charge on any atom is -0.488 e. The maximum Gasteiger partial charge on any atom is 0.295 e. The van der Waals surface area contributed by atoms with E-state index in [1.165, 1.54) is 13.4 Å². The van der Waals surface area contributed by atoms with Crippen LogP contribution in [0.15, 0.2) is 47.8 Å². The largest absolute Gasteiger partial charge is 0.488 e. The third-order valence-electron chi connectivity index (χ3n) is 3.03. The lowest BCUT2D eigenvalue weighted by atomic mass is 10.2. The van der Waals surface area contributed by atoms with Gasteiger partial charge >= 0.3 is 0 Å². The number of hydrogen-bond acceptors (Lipinski definition) is 5. The van der Waals surface area contributed by atoms with Crippen molar-refractivity contribution in [2.45, 2.75) is 0 Å². The minimum absolute atomic E-state index is 0.132. The molecule has 3 N–H and O–H groups in total. The van der Waals surface area contributed by atoms with Crippen LogP contribution in [0.3, 0.4) is 0 Å². The van der Waals surface area contributed by atoms with Gasteiger partial charge in [0.15, 0.2) is 5.82 Å². The maximum atomic E-state index is 11.8. The van der Waals surface area contributed by atoms with Gasteiger partial charge in [-0.05, 0) is 24.3 Å². The van der Waals surface area contributed by atoms with Crippen molar-refractivity contribution in [3.05, 3.63) is 53.3 Å². The number of nitrogens with one attached hydrogen (secondary N) is 1. The van der Waals surface area contributed by atoms with E-state index in [1.807, 2.05) is 12.1 Å². The fourth-order valence-electron chi connectivity index (χ4n) is 2.05. The van der Waals surface area contributed by atoms with Gasteiger partial charge in [-0.3, -0.25) is 9.36 Å². The Balaban J connectivity index is 2.18. The van der Waals surface area contributed by atoms with Crippen LogP contribution in [0, 0.1) is 0 Å². The summed E-state index contributed by atoms with van der Waals surface area (Å²) in [5.41, 5.74) is 6.87. The Hall–Kier alpha value is -3.09. The molecule has 3 rings (SSSR count). The number of H-pyrrole nitrogens is 1. The summed E-state index contributed by atoms with van der Waals surface area (Å²) in [4.78, 5) is 22.8. The van der Waals surface area contributed by atoms with Gasteiger partial charge in [0.25, 0.3) is 5.56 Å². The number of methoxy groups -OCH3 is 1. The summed E-state index contributed by atoms with van der Waals surface area (Å²) in [6.45, 7) is 0. The SMILES string of the molecule is COc1c(-n2ccnc2-c2ccc(N)cc2)nc[nH]c1=O. The van der Waals surface area contributed by atoms with Crippen LogP contribution in [0.4, 0.5) is 5.69 Å². The normalized spacial score (nSPS) is 10.5. The van der Waals surface area contributed by atoms with Gasteiger partial charge in [0, 0.05) is 23.6 Å². The van der Waals surface area contributed by atoms with E-state index in [-0.39, 0.29) is 11.3 Å². The van der Waals surface area contributed by atoms with E-state index >= 15 is 0 Å². The topological polar surface area (TPSA) is 98.8 Å². The molecule has 3 aromatic rings. The molecule has 0 radical (unpaired) electrons. The molecular weight excluding hydrogens is 270 g/mol. The van der Waals surface area contributed by atoms with Crippen LogP contribution in [0.25, 0.3) is 17.2 Å². The lowest BCUT2D eigenvalue weighted by Crippen LogP contribution is -2.14. The molecule has 2 aromatic heterocycles. The molecule has 7 heteroatoms. The van der Waals surface area contributed by atoms with Crippen molar-refractivity contribution in [2.24, 2.45) is 0 Å². The highest BCUT2D eigenvalue weighted by molar-refractivity contribution is 5.61. The average Bonchev–Trinajstić information content (AvgIpc) is 2.97. The van der Waals surface area contributed by atoms with Crippen LogP contribution in [-0.4, -0.2) is 26.6 Å². The predicted molar refractivity (Wildman–Crippen MR) is 78.4 cm³/mol. The first-order valence-electron chi connectivity index (χ1n) is 6.22. The van der Waals surface area contributed by atoms with E-state index in [0.29, 0.717) is 17.3 Å². The minimum atomic E-state index is -0.348. The highest BCUT2D eigenvalue weighted by Gasteiger charge is 2.15. The van der Waals surface area contributed by atoms with E-state index in [1.54, 1.807) is 29.1 Å². The Morgan fingerprint density at radius 2 is 2.00 bits per heavy atom. The maximum absolute atomic E-state index is 11.8. The van der Waals surface area contributed by atoms with Gasteiger partial charge in [-0.25, -0.2) is 9.97 Å². The van der Waals surface area contributed by atoms with Gasteiger partial charge in [-0.15, -0.1) is 0 Å². The molecule has 0 atom stereocenters. The monoisotopic (exact) mass is 283 g/mol. The first-order chi connectivity index (χ1) is 10.2. The van der Waals surface area contributed by atoms with Crippen molar-refractivity contribution in [1.29, 1.82) is 0 Å². The molecule has 0 saturated heterocycles. The Kier molecular flexibility index (Phi) is 3.15. The number of nitrogens with two attached hydrogens (primary N) is 1. The molecule has 0 aliphatic rings. The zero-order chi connectivity index (χ0) is 14.8. The number of nitrogen functional groups attached to an aromatic ring is 1. The number of aromatic amines is 1. The van der Waals surface area contributed by atoms with Crippen LogP contribution in [0.5, 0.6) is 5.75 Å². The molecule has 106 valence electrons. The summed E-state index contributed by atoms with van der Waals surface area (Å²) in [5, 5.41) is 0. The molecule has 0 spiro atoms. The Morgan fingerprint density at radius 3 is 2.71 bits per heavy atom. The van der Waals surface area contributed by atoms with Crippen LogP contribution in [-0.2, 0) is 0 Å². The first kappa shape index (κ1) is 12.9. The molecule has 0 aliphatic carbocycles. The van der Waals surface area contributed by atoms with Gasteiger partial charge in [-0.2, -0.15) is 0 Å². The van der Waals surface area contributed by atoms with Crippen LogP contribution in [0.1, 0.15) is 0 Å². The predicted octanol–water partition coefficient (Wildman–Crippen LogP) is 1.21. The fraction of sp³-hybridized carbons (Fsp3) is 0.0714. The Labute approximate surface area is 120 Å². The van der Waals surface area contributed by atoms with Gasteiger partial charge in [0.2, 0.25) is 5.75 Å². The highest BCUT2D eigenvalue weighted by atomic mass is 16.5. The Bertz CT molecular complexity index is 820. The van der Waals surface area contributed by atoms with Crippen molar-refractivity contribution in [3.63, 3.8) is 0 Å². The van der Waals surface area contributed by atoms with Gasteiger partial charge < -0.3 is 15.5 Å². The standard InChI is InChI=1S/C14H13N5O2/c1-21-11-13(17-8-18-14(11)20)19-7-6-16-12(19)9-2-4-10(15)5-3-9/h2-8H,15H2,1H3,(H,17,18,20). The number of hydrogen-bond donors (Lipinski definition) is 2. The molecule has 21 heavy (non-hydrogen) atoms. The summed E-state index contributed by atoms with van der Waals surface area (Å²) in [5.74, 6) is 1.16. The third kappa shape index (κ3) is 2.25. The molecule has 0 fully saturated rings. The number of ether oxygens (including phenoxy) is 1. The second kappa shape index (κ2) is 5.12.